The minimum absolute atomic E-state index is 0.0476. The van der Waals surface area contributed by atoms with Crippen LogP contribution >= 0.6 is 0 Å². The summed E-state index contributed by atoms with van der Waals surface area (Å²) in [5.41, 5.74) is 4.57. The molecule has 0 bridgehead atoms. The Morgan fingerprint density at radius 2 is 1.83 bits per heavy atom. The Morgan fingerprint density at radius 1 is 1.08 bits per heavy atom. The standard InChI is InChI=1S/C43H61N5O10S/c1-10-55-40(49)24-37(32-22-38-41(39(23-32)53-9)46(8)45-44-38)31-12-11-30(4)33(21-31)26-48(25-29(2)3)59(51,52)36-15-13-34(14-16-36)57-20-19-54-28-35-27-47(17-18-56-35)42(50)58-43(5,6)7/h11-16,21-22,29,35,37,39H,10,17-20,23-28H2,1-9H3. The van der Waals surface area contributed by atoms with E-state index in [0.29, 0.717) is 44.1 Å². The molecule has 2 heterocycles. The number of aryl methyl sites for hydroxylation is 2. The van der Waals surface area contributed by atoms with Crippen molar-refractivity contribution in [2.24, 2.45) is 13.0 Å². The van der Waals surface area contributed by atoms with E-state index in [9.17, 15) is 18.0 Å². The van der Waals surface area contributed by atoms with Gasteiger partial charge in [0.15, 0.2) is 0 Å². The molecule has 0 saturated carbocycles. The zero-order chi connectivity index (χ0) is 42.9. The topological polar surface area (TPSA) is 161 Å². The number of ether oxygens (including phenoxy) is 6. The van der Waals surface area contributed by atoms with Crippen LogP contribution in [0.2, 0.25) is 0 Å². The van der Waals surface area contributed by atoms with Crippen molar-refractivity contribution in [3.63, 3.8) is 0 Å². The number of benzene rings is 2. The summed E-state index contributed by atoms with van der Waals surface area (Å²) in [6.45, 7) is 15.9. The van der Waals surface area contributed by atoms with E-state index in [2.05, 4.69) is 10.3 Å². The van der Waals surface area contributed by atoms with Crippen LogP contribution in [0.4, 0.5) is 4.79 Å². The van der Waals surface area contributed by atoms with E-state index in [1.807, 2.05) is 72.9 Å². The Kier molecular flexibility index (Phi) is 15.7. The van der Waals surface area contributed by atoms with Crippen LogP contribution in [0.5, 0.6) is 5.75 Å². The van der Waals surface area contributed by atoms with E-state index in [-0.39, 0.29) is 80.4 Å². The van der Waals surface area contributed by atoms with E-state index in [1.165, 1.54) is 4.31 Å². The smallest absolute Gasteiger partial charge is 0.410 e. The van der Waals surface area contributed by atoms with Crippen LogP contribution in [-0.2, 0) is 52.1 Å². The monoisotopic (exact) mass is 839 g/mol. The van der Waals surface area contributed by atoms with Crippen molar-refractivity contribution in [2.45, 2.75) is 96.5 Å². The molecule has 16 heteroatoms. The normalized spacial score (nSPS) is 17.7. The number of hydrogen-bond acceptors (Lipinski definition) is 12. The van der Waals surface area contributed by atoms with Gasteiger partial charge < -0.3 is 33.3 Å². The number of carbonyl (C=O) groups is 2. The van der Waals surface area contributed by atoms with Crippen LogP contribution < -0.4 is 4.74 Å². The lowest BCUT2D eigenvalue weighted by Crippen LogP contribution is -2.48. The third-order valence-electron chi connectivity index (χ3n) is 10.1. The number of methoxy groups -OCH3 is 1. The predicted molar refractivity (Wildman–Crippen MR) is 221 cm³/mol. The summed E-state index contributed by atoms with van der Waals surface area (Å²) >= 11 is 0. The summed E-state index contributed by atoms with van der Waals surface area (Å²) in [5, 5.41) is 8.54. The van der Waals surface area contributed by atoms with Crippen molar-refractivity contribution < 1.29 is 46.4 Å². The van der Waals surface area contributed by atoms with Gasteiger partial charge >= 0.3 is 12.1 Å². The molecular weight excluding hydrogens is 779 g/mol. The lowest BCUT2D eigenvalue weighted by molar-refractivity contribution is -0.143. The van der Waals surface area contributed by atoms with Crippen molar-refractivity contribution in [2.75, 3.05) is 59.8 Å². The van der Waals surface area contributed by atoms with Crippen LogP contribution in [-0.4, -0.2) is 116 Å². The lowest BCUT2D eigenvalue weighted by atomic mass is 9.81. The first-order valence-electron chi connectivity index (χ1n) is 20.3. The molecule has 1 aliphatic heterocycles. The quantitative estimate of drug-likeness (QED) is 0.105. The number of aromatic nitrogens is 3. The Hall–Kier alpha value is -4.35. The van der Waals surface area contributed by atoms with E-state index in [4.69, 9.17) is 28.4 Å². The molecule has 5 rings (SSSR count). The number of hydrogen-bond donors (Lipinski definition) is 0. The molecule has 0 spiro atoms. The van der Waals surface area contributed by atoms with Gasteiger partial charge in [0.05, 0.1) is 56.1 Å². The summed E-state index contributed by atoms with van der Waals surface area (Å²) in [7, 11) is -0.453. The van der Waals surface area contributed by atoms with E-state index < -0.39 is 15.6 Å². The fraction of sp³-hybridized carbons (Fsp3) is 0.581. The Labute approximate surface area is 349 Å². The van der Waals surface area contributed by atoms with Gasteiger partial charge in [0.1, 0.15) is 29.8 Å². The SMILES string of the molecule is CCOC(=O)CC(C1=Cc2nnn(C)c2C(OC)C1)c1ccc(C)c(CN(CC(C)C)S(=O)(=O)c2ccc(OCCOCC3CN(C(=O)OC(C)(C)C)CCO3)cc2)c1. The molecular formula is C43H61N5O10S. The first kappa shape index (κ1) is 45.7. The molecule has 1 aliphatic carbocycles. The third-order valence-corrected chi connectivity index (χ3v) is 11.9. The van der Waals surface area contributed by atoms with Crippen LogP contribution in [0.25, 0.3) is 6.08 Å². The number of rotatable bonds is 18. The molecule has 1 amide bonds. The Morgan fingerprint density at radius 3 is 2.51 bits per heavy atom. The zero-order valence-corrected chi connectivity index (χ0v) is 36.7. The highest BCUT2D eigenvalue weighted by Crippen LogP contribution is 2.41. The minimum Gasteiger partial charge on any atom is -0.491 e. The number of carbonyl (C=O) groups excluding carboxylic acids is 2. The van der Waals surface area contributed by atoms with Gasteiger partial charge in [-0.3, -0.25) is 4.79 Å². The number of amides is 1. The highest BCUT2D eigenvalue weighted by molar-refractivity contribution is 7.89. The van der Waals surface area contributed by atoms with Crippen LogP contribution in [0.3, 0.4) is 0 Å². The van der Waals surface area contributed by atoms with Crippen molar-refractivity contribution in [1.29, 1.82) is 0 Å². The molecule has 2 aliphatic rings. The molecule has 1 aromatic heterocycles. The average Bonchev–Trinajstić information content (AvgIpc) is 3.56. The lowest BCUT2D eigenvalue weighted by Gasteiger charge is -2.34. The summed E-state index contributed by atoms with van der Waals surface area (Å²) in [4.78, 5) is 27.2. The molecule has 2 aromatic carbocycles. The number of sulfonamides is 1. The van der Waals surface area contributed by atoms with Crippen molar-refractivity contribution >= 4 is 28.2 Å². The third kappa shape index (κ3) is 12.4. The van der Waals surface area contributed by atoms with Crippen molar-refractivity contribution in [1.82, 2.24) is 24.2 Å². The number of esters is 1. The molecule has 0 N–H and O–H groups in total. The van der Waals surface area contributed by atoms with Crippen LogP contribution in [0, 0.1) is 12.8 Å². The van der Waals surface area contributed by atoms with E-state index in [1.54, 1.807) is 47.9 Å². The first-order valence-corrected chi connectivity index (χ1v) is 21.7. The Bertz CT molecular complexity index is 2030. The summed E-state index contributed by atoms with van der Waals surface area (Å²) in [6, 6.07) is 12.4. The van der Waals surface area contributed by atoms with Crippen molar-refractivity contribution in [3.05, 3.63) is 76.1 Å². The second kappa shape index (κ2) is 20.3. The Balaban J connectivity index is 1.25. The maximum Gasteiger partial charge on any atom is 0.410 e. The minimum atomic E-state index is -3.93. The van der Waals surface area contributed by atoms with Gasteiger partial charge in [0, 0.05) is 46.1 Å². The molecule has 1 fully saturated rings. The summed E-state index contributed by atoms with van der Waals surface area (Å²) in [5.74, 6) is -0.132. The molecule has 3 atom stereocenters. The predicted octanol–water partition coefficient (Wildman–Crippen LogP) is 6.21. The van der Waals surface area contributed by atoms with Gasteiger partial charge in [-0.2, -0.15) is 4.31 Å². The van der Waals surface area contributed by atoms with Crippen molar-refractivity contribution in [3.8, 4) is 5.75 Å². The van der Waals surface area contributed by atoms with Crippen LogP contribution in [0.15, 0.2) is 52.9 Å². The van der Waals surface area contributed by atoms with Gasteiger partial charge in [0.25, 0.3) is 0 Å². The zero-order valence-electron chi connectivity index (χ0n) is 35.9. The van der Waals surface area contributed by atoms with Crippen LogP contribution in [0.1, 0.15) is 94.5 Å². The molecule has 15 nitrogen and oxygen atoms in total. The molecule has 3 aromatic rings. The second-order valence-electron chi connectivity index (χ2n) is 16.4. The highest BCUT2D eigenvalue weighted by atomic mass is 32.2. The second-order valence-corrected chi connectivity index (χ2v) is 18.3. The summed E-state index contributed by atoms with van der Waals surface area (Å²) in [6.07, 6.45) is 1.67. The van der Waals surface area contributed by atoms with E-state index in [0.717, 1.165) is 28.0 Å². The number of nitrogens with zero attached hydrogens (tertiary/aromatic N) is 5. The van der Waals surface area contributed by atoms with Gasteiger partial charge in [-0.15, -0.1) is 5.10 Å². The number of fused-ring (bicyclic) bond motifs is 1. The van der Waals surface area contributed by atoms with Gasteiger partial charge in [0.2, 0.25) is 10.0 Å². The first-order chi connectivity index (χ1) is 28.0. The highest BCUT2D eigenvalue weighted by Gasteiger charge is 2.33. The average molecular weight is 840 g/mol. The fourth-order valence-corrected chi connectivity index (χ4v) is 8.80. The number of morpholine rings is 1. The molecule has 324 valence electrons. The fourth-order valence-electron chi connectivity index (χ4n) is 7.22. The maximum absolute atomic E-state index is 14.3. The maximum atomic E-state index is 14.3. The molecule has 0 radical (unpaired) electrons. The largest absolute Gasteiger partial charge is 0.491 e. The van der Waals surface area contributed by atoms with Gasteiger partial charge in [-0.05, 0) is 87.6 Å². The van der Waals surface area contributed by atoms with Gasteiger partial charge in [-0.1, -0.05) is 42.8 Å². The van der Waals surface area contributed by atoms with Gasteiger partial charge in [-0.25, -0.2) is 17.9 Å². The van der Waals surface area contributed by atoms with E-state index >= 15 is 0 Å². The molecule has 3 unspecified atom stereocenters. The molecule has 1 saturated heterocycles. The molecule has 59 heavy (non-hydrogen) atoms. The summed E-state index contributed by atoms with van der Waals surface area (Å²) < 4.78 is 65.9.